The Kier molecular flexibility index (Phi) is 7.33. The van der Waals surface area contributed by atoms with Gasteiger partial charge in [0.2, 0.25) is 17.7 Å². The van der Waals surface area contributed by atoms with Crippen LogP contribution in [-0.4, -0.2) is 109 Å². The first-order chi connectivity index (χ1) is 17.0. The Balaban J connectivity index is 1.42. The van der Waals surface area contributed by atoms with E-state index in [2.05, 4.69) is 26.2 Å². The fourth-order valence-electron chi connectivity index (χ4n) is 5.14. The summed E-state index contributed by atoms with van der Waals surface area (Å²) in [6.07, 6.45) is 1.92. The van der Waals surface area contributed by atoms with Crippen molar-refractivity contribution in [2.75, 3.05) is 20.6 Å². The lowest BCUT2D eigenvalue weighted by atomic mass is 9.78. The smallest absolute Gasteiger partial charge is 0.353 e. The molecule has 3 aliphatic heterocycles. The molecule has 0 aromatic carbocycles. The molecule has 15 heteroatoms. The molecule has 0 bridgehead atoms. The first kappa shape index (κ1) is 26.0. The summed E-state index contributed by atoms with van der Waals surface area (Å²) in [6.45, 7) is 4.26. The molecule has 36 heavy (non-hydrogen) atoms. The monoisotopic (exact) mass is 521 g/mol. The van der Waals surface area contributed by atoms with Crippen molar-refractivity contribution in [1.82, 2.24) is 40.6 Å². The van der Waals surface area contributed by atoms with Crippen LogP contribution in [0.1, 0.15) is 20.3 Å². The molecule has 3 aliphatic rings. The Morgan fingerprint density at radius 1 is 1.39 bits per heavy atom. The Bertz CT molecular complexity index is 1080. The number of hydrogen-bond acceptors (Lipinski definition) is 10. The predicted octanol–water partition coefficient (Wildman–Crippen LogP) is -2.17. The van der Waals surface area contributed by atoms with Gasteiger partial charge >= 0.3 is 5.97 Å². The van der Waals surface area contributed by atoms with Gasteiger partial charge in [0, 0.05) is 42.8 Å². The zero-order chi connectivity index (χ0) is 26.3. The molecule has 3 unspecified atom stereocenters. The largest absolute Gasteiger partial charge is 0.477 e. The number of nitrogens with two attached hydrogens (primary N) is 1. The maximum atomic E-state index is 13.1. The van der Waals surface area contributed by atoms with Gasteiger partial charge in [-0.15, -0.1) is 16.9 Å². The average molecular weight is 522 g/mol. The van der Waals surface area contributed by atoms with Crippen LogP contribution in [0.25, 0.3) is 0 Å². The Morgan fingerprint density at radius 3 is 2.72 bits per heavy atom. The summed E-state index contributed by atoms with van der Waals surface area (Å²) in [5, 5.41) is 26.7. The maximum absolute atomic E-state index is 13.1. The summed E-state index contributed by atoms with van der Waals surface area (Å²) in [5.74, 6) is -2.79. The van der Waals surface area contributed by atoms with Crippen molar-refractivity contribution in [1.29, 1.82) is 0 Å². The number of carbonyl (C=O) groups is 4. The number of amides is 3. The zero-order valence-electron chi connectivity index (χ0n) is 20.5. The lowest BCUT2D eigenvalue weighted by Crippen LogP contribution is -2.66. The van der Waals surface area contributed by atoms with Crippen molar-refractivity contribution >= 4 is 35.5 Å². The topological polar surface area (TPSA) is 189 Å². The minimum Gasteiger partial charge on any atom is -0.477 e. The second-order valence-corrected chi connectivity index (χ2v) is 11.0. The molecule has 5 N–H and O–H groups in total. The highest BCUT2D eigenvalue weighted by molar-refractivity contribution is 8.03. The minimum atomic E-state index is -1.16. The van der Waals surface area contributed by atoms with Crippen LogP contribution < -0.4 is 16.4 Å². The Morgan fingerprint density at radius 2 is 2.11 bits per heavy atom. The average Bonchev–Trinajstić information content (AvgIpc) is 3.54. The van der Waals surface area contributed by atoms with Crippen molar-refractivity contribution < 1.29 is 24.3 Å². The highest BCUT2D eigenvalue weighted by Gasteiger charge is 2.60. The molecular weight excluding hydrogens is 490 g/mol. The molecular formula is C21H31N9O5S. The van der Waals surface area contributed by atoms with E-state index in [0.717, 1.165) is 0 Å². The third-order valence-electron chi connectivity index (χ3n) is 6.93. The molecule has 1 aromatic rings. The number of carboxylic acids is 1. The number of carboxylic acid groups (broad SMARTS) is 1. The summed E-state index contributed by atoms with van der Waals surface area (Å²) in [7, 11) is 3.40. The van der Waals surface area contributed by atoms with Gasteiger partial charge in [-0.1, -0.05) is 6.92 Å². The molecule has 0 spiro atoms. The first-order valence-corrected chi connectivity index (χ1v) is 12.6. The van der Waals surface area contributed by atoms with E-state index in [-0.39, 0.29) is 47.3 Å². The molecule has 3 amide bonds. The molecule has 4 heterocycles. The molecule has 0 saturated carbocycles. The van der Waals surface area contributed by atoms with Gasteiger partial charge in [0.1, 0.15) is 18.1 Å². The van der Waals surface area contributed by atoms with Gasteiger partial charge in [-0.3, -0.25) is 14.4 Å². The van der Waals surface area contributed by atoms with E-state index in [0.29, 0.717) is 17.9 Å². The first-order valence-electron chi connectivity index (χ1n) is 11.7. The second kappa shape index (κ2) is 10.1. The standard InChI is InChI=1S/C21H31N9O5S/c1-9-15-14(10(2)25-18(31)12(22)7-29-8-24-26-27-29)20(33)30(15)16(21(34)35)17(9)36-11-5-13(23-6-11)19(32)28(3)4/h8-15,23H,5-7,22H2,1-4H3,(H,25,31)(H,34,35)/t9-,10?,11?,12+,13?,14-,15-/m1/s1. The molecule has 2 saturated heterocycles. The van der Waals surface area contributed by atoms with Gasteiger partial charge in [0.05, 0.1) is 24.5 Å². The molecule has 14 nitrogen and oxygen atoms in total. The van der Waals surface area contributed by atoms with Crippen molar-refractivity contribution in [2.24, 2.45) is 17.6 Å². The number of aliphatic carboxylic acids is 1. The summed E-state index contributed by atoms with van der Waals surface area (Å²) < 4.78 is 1.34. The summed E-state index contributed by atoms with van der Waals surface area (Å²) in [5.41, 5.74) is 5.96. The lowest BCUT2D eigenvalue weighted by molar-refractivity contribution is -0.158. The molecule has 2 fully saturated rings. The number of thioether (sulfide) groups is 1. The number of fused-ring (bicyclic) bond motifs is 1. The van der Waals surface area contributed by atoms with Gasteiger partial charge in [0.15, 0.2) is 0 Å². The van der Waals surface area contributed by atoms with Crippen LogP contribution >= 0.6 is 11.8 Å². The van der Waals surface area contributed by atoms with Gasteiger partial charge in [-0.25, -0.2) is 9.48 Å². The van der Waals surface area contributed by atoms with Crippen molar-refractivity contribution in [3.05, 3.63) is 16.9 Å². The van der Waals surface area contributed by atoms with E-state index < -0.39 is 29.9 Å². The number of hydrogen-bond donors (Lipinski definition) is 4. The molecule has 0 radical (unpaired) electrons. The van der Waals surface area contributed by atoms with E-state index in [4.69, 9.17) is 5.73 Å². The number of likely N-dealkylation sites (N-methyl/N-ethyl adjacent to an activating group) is 1. The van der Waals surface area contributed by atoms with E-state index in [1.54, 1.807) is 21.0 Å². The van der Waals surface area contributed by atoms with Crippen molar-refractivity contribution in [2.45, 2.75) is 56.2 Å². The number of tetrazole rings is 1. The summed E-state index contributed by atoms with van der Waals surface area (Å²) >= 11 is 1.42. The van der Waals surface area contributed by atoms with Gasteiger partial charge in [-0.05, 0) is 23.8 Å². The van der Waals surface area contributed by atoms with Crippen LogP contribution in [0.3, 0.4) is 0 Å². The van der Waals surface area contributed by atoms with E-state index in [1.165, 1.54) is 32.6 Å². The van der Waals surface area contributed by atoms with Crippen molar-refractivity contribution in [3.63, 3.8) is 0 Å². The van der Waals surface area contributed by atoms with Gasteiger partial charge < -0.3 is 31.3 Å². The maximum Gasteiger partial charge on any atom is 0.353 e. The number of nitrogens with one attached hydrogen (secondary N) is 2. The van der Waals surface area contributed by atoms with Gasteiger partial charge in [0.25, 0.3) is 0 Å². The number of β-lactam (4-membered cyclic amide) rings is 1. The van der Waals surface area contributed by atoms with Crippen molar-refractivity contribution in [3.8, 4) is 0 Å². The van der Waals surface area contributed by atoms with Crippen LogP contribution in [-0.2, 0) is 25.7 Å². The highest BCUT2D eigenvalue weighted by atomic mass is 32.2. The van der Waals surface area contributed by atoms with Crippen LogP contribution in [0, 0.1) is 11.8 Å². The van der Waals surface area contributed by atoms with Crippen LogP contribution in [0.5, 0.6) is 0 Å². The SMILES string of the molecule is CC(NC(=O)[C@@H](N)Cn1cnnn1)[C@H]1C(=O)N2C(C(=O)O)=C(SC3CNC(C(=O)N(C)C)C3)[C@H](C)[C@H]12. The Labute approximate surface area is 212 Å². The second-order valence-electron chi connectivity index (χ2n) is 9.64. The number of carbonyl (C=O) groups excluding carboxylic acids is 3. The summed E-state index contributed by atoms with van der Waals surface area (Å²) in [4.78, 5) is 53.7. The molecule has 4 rings (SSSR count). The van der Waals surface area contributed by atoms with Gasteiger partial charge in [-0.2, -0.15) is 0 Å². The third-order valence-corrected chi connectivity index (χ3v) is 8.45. The minimum absolute atomic E-state index is 0.000600. The molecule has 1 aromatic heterocycles. The summed E-state index contributed by atoms with van der Waals surface area (Å²) in [6, 6.07) is -2.18. The lowest BCUT2D eigenvalue weighted by Gasteiger charge is -2.47. The van der Waals surface area contributed by atoms with Crippen LogP contribution in [0.15, 0.2) is 16.9 Å². The molecule has 7 atom stereocenters. The molecule has 0 aliphatic carbocycles. The van der Waals surface area contributed by atoms with E-state index >= 15 is 0 Å². The number of aromatic nitrogens is 4. The van der Waals surface area contributed by atoms with Crippen LogP contribution in [0.4, 0.5) is 0 Å². The fourth-order valence-corrected chi connectivity index (χ4v) is 6.62. The Hall–Kier alpha value is -3.04. The molecule has 196 valence electrons. The number of rotatable bonds is 9. The quantitative estimate of drug-likeness (QED) is 0.259. The fraction of sp³-hybridized carbons (Fsp3) is 0.667. The van der Waals surface area contributed by atoms with E-state index in [1.807, 2.05) is 6.92 Å². The van der Waals surface area contributed by atoms with Crippen LogP contribution in [0.2, 0.25) is 0 Å². The third kappa shape index (κ3) is 4.69. The van der Waals surface area contributed by atoms with E-state index in [9.17, 15) is 24.3 Å². The highest BCUT2D eigenvalue weighted by Crippen LogP contribution is 2.51. The normalized spacial score (nSPS) is 29.0. The predicted molar refractivity (Wildman–Crippen MR) is 128 cm³/mol. The number of nitrogens with zero attached hydrogens (tertiary/aromatic N) is 6. The zero-order valence-corrected chi connectivity index (χ0v) is 21.3.